The molecule has 0 radical (unpaired) electrons. The summed E-state index contributed by atoms with van der Waals surface area (Å²) in [6.07, 6.45) is 5.69. The lowest BCUT2D eigenvalue weighted by Gasteiger charge is -2.29. The molecule has 1 fully saturated rings. The van der Waals surface area contributed by atoms with Crippen molar-refractivity contribution < 1.29 is 9.90 Å². The van der Waals surface area contributed by atoms with Crippen LogP contribution in [0, 0.1) is 11.3 Å². The third kappa shape index (κ3) is 3.41. The van der Waals surface area contributed by atoms with E-state index in [1.807, 2.05) is 19.9 Å². The SMILES string of the molecule is CC1CCC(c2ccccc2CC(C)(C)C(=O)O)CC1. The van der Waals surface area contributed by atoms with Crippen LogP contribution in [0.4, 0.5) is 0 Å². The Balaban J connectivity index is 2.20. The summed E-state index contributed by atoms with van der Waals surface area (Å²) >= 11 is 0. The summed E-state index contributed by atoms with van der Waals surface area (Å²) in [6, 6.07) is 8.43. The van der Waals surface area contributed by atoms with Gasteiger partial charge >= 0.3 is 5.97 Å². The standard InChI is InChI=1S/C18H26O2/c1-13-8-10-14(11-9-13)16-7-5-4-6-15(16)12-18(2,3)17(19)20/h4-7,13-14H,8-12H2,1-3H3,(H,19,20). The molecule has 110 valence electrons. The summed E-state index contributed by atoms with van der Waals surface area (Å²) in [4.78, 5) is 11.4. The van der Waals surface area contributed by atoms with Crippen molar-refractivity contribution in [2.24, 2.45) is 11.3 Å². The normalized spacial score (nSPS) is 23.6. The molecule has 1 aromatic carbocycles. The van der Waals surface area contributed by atoms with Gasteiger partial charge in [-0.3, -0.25) is 4.79 Å². The Morgan fingerprint density at radius 3 is 2.40 bits per heavy atom. The zero-order valence-corrected chi connectivity index (χ0v) is 12.9. The Bertz CT molecular complexity index is 468. The first-order valence-corrected chi connectivity index (χ1v) is 7.71. The van der Waals surface area contributed by atoms with Gasteiger partial charge in [0.05, 0.1) is 5.41 Å². The molecule has 1 aliphatic rings. The summed E-state index contributed by atoms with van der Waals surface area (Å²) in [6.45, 7) is 5.96. The maximum atomic E-state index is 11.4. The Morgan fingerprint density at radius 1 is 1.20 bits per heavy atom. The van der Waals surface area contributed by atoms with Gasteiger partial charge in [-0.05, 0) is 56.1 Å². The molecule has 2 heteroatoms. The van der Waals surface area contributed by atoms with E-state index in [4.69, 9.17) is 0 Å². The average molecular weight is 274 g/mol. The predicted octanol–water partition coefficient (Wildman–Crippen LogP) is 4.63. The van der Waals surface area contributed by atoms with Gasteiger partial charge in [0.1, 0.15) is 0 Å². The van der Waals surface area contributed by atoms with Crippen molar-refractivity contribution in [3.8, 4) is 0 Å². The zero-order chi connectivity index (χ0) is 14.8. The van der Waals surface area contributed by atoms with Crippen molar-refractivity contribution in [1.82, 2.24) is 0 Å². The molecule has 0 unspecified atom stereocenters. The van der Waals surface area contributed by atoms with E-state index in [0.717, 1.165) is 5.92 Å². The average Bonchev–Trinajstić information content (AvgIpc) is 2.40. The minimum Gasteiger partial charge on any atom is -0.481 e. The topological polar surface area (TPSA) is 37.3 Å². The van der Waals surface area contributed by atoms with Crippen molar-refractivity contribution in [3.63, 3.8) is 0 Å². The van der Waals surface area contributed by atoms with E-state index in [1.165, 1.54) is 36.8 Å². The van der Waals surface area contributed by atoms with Crippen molar-refractivity contribution in [3.05, 3.63) is 35.4 Å². The Morgan fingerprint density at radius 2 is 1.80 bits per heavy atom. The number of aliphatic carboxylic acids is 1. The van der Waals surface area contributed by atoms with Crippen LogP contribution in [0.3, 0.4) is 0 Å². The van der Waals surface area contributed by atoms with Crippen molar-refractivity contribution in [2.75, 3.05) is 0 Å². The molecular formula is C18H26O2. The van der Waals surface area contributed by atoms with Crippen LogP contribution < -0.4 is 0 Å². The molecule has 0 aliphatic heterocycles. The van der Waals surface area contributed by atoms with Gasteiger partial charge in [-0.2, -0.15) is 0 Å². The molecular weight excluding hydrogens is 248 g/mol. The highest BCUT2D eigenvalue weighted by Crippen LogP contribution is 2.38. The number of carbonyl (C=O) groups is 1. The minimum absolute atomic E-state index is 0.616. The molecule has 0 atom stereocenters. The number of carboxylic acid groups (broad SMARTS) is 1. The molecule has 0 saturated heterocycles. The number of rotatable bonds is 4. The van der Waals surface area contributed by atoms with Crippen LogP contribution in [0.2, 0.25) is 0 Å². The summed E-state index contributed by atoms with van der Waals surface area (Å²) in [7, 11) is 0. The van der Waals surface area contributed by atoms with Gasteiger partial charge in [-0.25, -0.2) is 0 Å². The van der Waals surface area contributed by atoms with Crippen molar-refractivity contribution >= 4 is 5.97 Å². The van der Waals surface area contributed by atoms with Crippen molar-refractivity contribution in [2.45, 2.75) is 58.8 Å². The van der Waals surface area contributed by atoms with E-state index in [1.54, 1.807) is 0 Å². The monoisotopic (exact) mass is 274 g/mol. The van der Waals surface area contributed by atoms with Gasteiger partial charge in [0, 0.05) is 0 Å². The highest BCUT2D eigenvalue weighted by atomic mass is 16.4. The van der Waals surface area contributed by atoms with E-state index in [2.05, 4.69) is 25.1 Å². The third-order valence-electron chi connectivity index (χ3n) is 4.72. The molecule has 1 aliphatic carbocycles. The van der Waals surface area contributed by atoms with Crippen LogP contribution in [-0.4, -0.2) is 11.1 Å². The van der Waals surface area contributed by atoms with Crippen LogP contribution >= 0.6 is 0 Å². The van der Waals surface area contributed by atoms with Gasteiger partial charge in [0.2, 0.25) is 0 Å². The Hall–Kier alpha value is -1.31. The molecule has 1 N–H and O–H groups in total. The fourth-order valence-corrected chi connectivity index (χ4v) is 3.22. The van der Waals surface area contributed by atoms with E-state index in [-0.39, 0.29) is 0 Å². The summed E-state index contributed by atoms with van der Waals surface area (Å²) < 4.78 is 0. The second-order valence-electron chi connectivity index (χ2n) is 7.02. The van der Waals surface area contributed by atoms with Crippen LogP contribution in [0.5, 0.6) is 0 Å². The lowest BCUT2D eigenvalue weighted by Crippen LogP contribution is -2.27. The van der Waals surface area contributed by atoms with Crippen molar-refractivity contribution in [1.29, 1.82) is 0 Å². The first kappa shape index (κ1) is 15.1. The van der Waals surface area contributed by atoms with Gasteiger partial charge in [-0.15, -0.1) is 0 Å². The summed E-state index contributed by atoms with van der Waals surface area (Å²) in [5.41, 5.74) is 1.91. The molecule has 0 spiro atoms. The highest BCUT2D eigenvalue weighted by molar-refractivity contribution is 5.74. The summed E-state index contributed by atoms with van der Waals surface area (Å²) in [5.74, 6) is 0.741. The fourth-order valence-electron chi connectivity index (χ4n) is 3.22. The quantitative estimate of drug-likeness (QED) is 0.869. The number of hydrogen-bond donors (Lipinski definition) is 1. The smallest absolute Gasteiger partial charge is 0.309 e. The Kier molecular flexibility index (Phi) is 4.52. The molecule has 0 aromatic heterocycles. The second-order valence-corrected chi connectivity index (χ2v) is 7.02. The van der Waals surface area contributed by atoms with Gasteiger partial charge in [0.15, 0.2) is 0 Å². The molecule has 2 nitrogen and oxygen atoms in total. The van der Waals surface area contributed by atoms with Gasteiger partial charge < -0.3 is 5.11 Å². The largest absolute Gasteiger partial charge is 0.481 e. The molecule has 1 aromatic rings. The van der Waals surface area contributed by atoms with Crippen LogP contribution in [0.1, 0.15) is 63.5 Å². The molecule has 0 bridgehead atoms. The van der Waals surface area contributed by atoms with E-state index in [9.17, 15) is 9.90 Å². The second kappa shape index (κ2) is 5.99. The van der Waals surface area contributed by atoms with Crippen LogP contribution in [0.15, 0.2) is 24.3 Å². The van der Waals surface area contributed by atoms with Gasteiger partial charge in [0.25, 0.3) is 0 Å². The van der Waals surface area contributed by atoms with Gasteiger partial charge in [-0.1, -0.05) is 44.0 Å². The number of carboxylic acids is 1. The van der Waals surface area contributed by atoms with Crippen LogP contribution in [-0.2, 0) is 11.2 Å². The molecule has 0 heterocycles. The van der Waals surface area contributed by atoms with E-state index in [0.29, 0.717) is 12.3 Å². The number of benzene rings is 1. The maximum Gasteiger partial charge on any atom is 0.309 e. The highest BCUT2D eigenvalue weighted by Gasteiger charge is 2.29. The first-order chi connectivity index (χ1) is 9.40. The fraction of sp³-hybridized carbons (Fsp3) is 0.611. The lowest BCUT2D eigenvalue weighted by atomic mass is 9.75. The lowest BCUT2D eigenvalue weighted by molar-refractivity contribution is -0.146. The van der Waals surface area contributed by atoms with E-state index < -0.39 is 11.4 Å². The first-order valence-electron chi connectivity index (χ1n) is 7.71. The molecule has 20 heavy (non-hydrogen) atoms. The predicted molar refractivity (Wildman–Crippen MR) is 81.9 cm³/mol. The third-order valence-corrected chi connectivity index (χ3v) is 4.72. The summed E-state index contributed by atoms with van der Waals surface area (Å²) in [5, 5.41) is 9.34. The number of hydrogen-bond acceptors (Lipinski definition) is 1. The molecule has 2 rings (SSSR count). The van der Waals surface area contributed by atoms with Crippen LogP contribution in [0.25, 0.3) is 0 Å². The minimum atomic E-state index is -0.718. The maximum absolute atomic E-state index is 11.4. The van der Waals surface area contributed by atoms with E-state index >= 15 is 0 Å². The Labute approximate surface area is 122 Å². The molecule has 1 saturated carbocycles. The molecule has 0 amide bonds. The zero-order valence-electron chi connectivity index (χ0n) is 12.9.